The van der Waals surface area contributed by atoms with E-state index in [-0.39, 0.29) is 5.88 Å². The average molecular weight is 282 g/mol. The van der Waals surface area contributed by atoms with Crippen molar-refractivity contribution in [2.45, 2.75) is 24.8 Å². The topological polar surface area (TPSA) is 58.9 Å². The van der Waals surface area contributed by atoms with Crippen molar-refractivity contribution in [1.82, 2.24) is 15.0 Å². The number of hydrogen-bond donors (Lipinski definition) is 1. The fourth-order valence-electron chi connectivity index (χ4n) is 1.47. The summed E-state index contributed by atoms with van der Waals surface area (Å²) in [5, 5.41) is 10.6. The van der Waals surface area contributed by atoms with Crippen molar-refractivity contribution in [2.75, 3.05) is 0 Å². The van der Waals surface area contributed by atoms with Crippen molar-refractivity contribution in [1.29, 1.82) is 0 Å². The predicted molar refractivity (Wildman–Crippen MR) is 72.0 cm³/mol. The molecule has 94 valence electrons. The fourth-order valence-corrected chi connectivity index (χ4v) is 2.81. The zero-order chi connectivity index (χ0) is 13.1. The number of rotatable bonds is 3. The Labute approximate surface area is 114 Å². The van der Waals surface area contributed by atoms with Crippen LogP contribution in [-0.2, 0) is 5.75 Å². The molecular formula is C12H12ClN3OS. The quantitative estimate of drug-likeness (QED) is 0.692. The minimum absolute atomic E-state index is 0.0148. The van der Waals surface area contributed by atoms with Gasteiger partial charge in [-0.15, -0.1) is 0 Å². The maximum absolute atomic E-state index is 9.40. The zero-order valence-electron chi connectivity index (χ0n) is 10.0. The van der Waals surface area contributed by atoms with Crippen LogP contribution in [0.5, 0.6) is 5.88 Å². The summed E-state index contributed by atoms with van der Waals surface area (Å²) in [6, 6.07) is 3.28. The van der Waals surface area contributed by atoms with Crippen molar-refractivity contribution in [3.63, 3.8) is 0 Å². The molecule has 0 saturated heterocycles. The number of aromatic nitrogens is 3. The average Bonchev–Trinajstić information content (AvgIpc) is 2.27. The van der Waals surface area contributed by atoms with Crippen LogP contribution in [0.3, 0.4) is 0 Å². The van der Waals surface area contributed by atoms with Gasteiger partial charge in [0.1, 0.15) is 0 Å². The lowest BCUT2D eigenvalue weighted by molar-refractivity contribution is 0.444. The molecule has 18 heavy (non-hydrogen) atoms. The van der Waals surface area contributed by atoms with Crippen LogP contribution < -0.4 is 0 Å². The van der Waals surface area contributed by atoms with Gasteiger partial charge in [0, 0.05) is 40.0 Å². The predicted octanol–water partition coefficient (Wildman–Crippen LogP) is 3.14. The molecule has 4 nitrogen and oxygen atoms in total. The van der Waals surface area contributed by atoms with Crippen LogP contribution in [0.25, 0.3) is 0 Å². The fraction of sp³-hybridized carbons (Fsp3) is 0.250. The molecule has 1 N–H and O–H groups in total. The molecule has 2 heterocycles. The van der Waals surface area contributed by atoms with Gasteiger partial charge in [0.15, 0.2) is 5.16 Å². The van der Waals surface area contributed by atoms with Crippen LogP contribution in [0.15, 0.2) is 23.5 Å². The lowest BCUT2D eigenvalue weighted by Gasteiger charge is -2.06. The lowest BCUT2D eigenvalue weighted by Crippen LogP contribution is -1.94. The first kappa shape index (κ1) is 13.1. The van der Waals surface area contributed by atoms with Crippen molar-refractivity contribution < 1.29 is 5.11 Å². The van der Waals surface area contributed by atoms with Crippen LogP contribution in [0.2, 0.25) is 5.02 Å². The molecule has 2 rings (SSSR count). The molecule has 6 heteroatoms. The van der Waals surface area contributed by atoms with E-state index < -0.39 is 0 Å². The minimum Gasteiger partial charge on any atom is -0.493 e. The van der Waals surface area contributed by atoms with E-state index in [1.807, 2.05) is 13.8 Å². The minimum atomic E-state index is -0.0148. The first-order chi connectivity index (χ1) is 8.56. The molecule has 0 aliphatic carbocycles. The summed E-state index contributed by atoms with van der Waals surface area (Å²) in [6.45, 7) is 3.73. The molecule has 0 saturated carbocycles. The Kier molecular flexibility index (Phi) is 4.04. The Balaban J connectivity index is 2.16. The SMILES string of the molecule is Cc1cc(O)nc(SCc2c(Cl)ccnc2C)n1. The molecule has 0 atom stereocenters. The van der Waals surface area contributed by atoms with Gasteiger partial charge >= 0.3 is 0 Å². The third-order valence-corrected chi connectivity index (χ3v) is 3.61. The van der Waals surface area contributed by atoms with Gasteiger partial charge in [-0.05, 0) is 19.9 Å². The van der Waals surface area contributed by atoms with Gasteiger partial charge in [-0.2, -0.15) is 4.98 Å². The standard InChI is InChI=1S/C12H12ClN3OS/c1-7-5-11(17)16-12(15-7)18-6-9-8(2)14-4-3-10(9)13/h3-5H,6H2,1-2H3,(H,15,16,17). The molecule has 0 aliphatic heterocycles. The molecule has 2 aromatic heterocycles. The van der Waals surface area contributed by atoms with Gasteiger partial charge in [0.2, 0.25) is 5.88 Å². The highest BCUT2D eigenvalue weighted by molar-refractivity contribution is 7.98. The molecule has 0 aliphatic rings. The number of halogens is 1. The van der Waals surface area contributed by atoms with E-state index in [9.17, 15) is 5.11 Å². The van der Waals surface area contributed by atoms with E-state index >= 15 is 0 Å². The molecule has 0 aromatic carbocycles. The Bertz CT molecular complexity index is 537. The highest BCUT2D eigenvalue weighted by Gasteiger charge is 2.08. The summed E-state index contributed by atoms with van der Waals surface area (Å²) < 4.78 is 0. The van der Waals surface area contributed by atoms with Gasteiger partial charge in [-0.3, -0.25) is 4.98 Å². The maximum atomic E-state index is 9.40. The first-order valence-electron chi connectivity index (χ1n) is 5.33. The molecule has 0 bridgehead atoms. The van der Waals surface area contributed by atoms with E-state index in [1.54, 1.807) is 12.3 Å². The van der Waals surface area contributed by atoms with Crippen LogP contribution in [0.1, 0.15) is 17.0 Å². The summed E-state index contributed by atoms with van der Waals surface area (Å²) in [4.78, 5) is 12.4. The first-order valence-corrected chi connectivity index (χ1v) is 6.70. The van der Waals surface area contributed by atoms with Gasteiger partial charge in [-0.1, -0.05) is 23.4 Å². The number of nitrogens with zero attached hydrogens (tertiary/aromatic N) is 3. The summed E-state index contributed by atoms with van der Waals surface area (Å²) in [6.07, 6.45) is 1.68. The summed E-state index contributed by atoms with van der Waals surface area (Å²) in [5.41, 5.74) is 2.60. The summed E-state index contributed by atoms with van der Waals surface area (Å²) in [7, 11) is 0. The van der Waals surface area contributed by atoms with Crippen molar-refractivity contribution in [3.8, 4) is 5.88 Å². The van der Waals surface area contributed by atoms with Gasteiger partial charge in [-0.25, -0.2) is 4.98 Å². The van der Waals surface area contributed by atoms with Crippen molar-refractivity contribution in [3.05, 3.63) is 40.3 Å². The Morgan fingerprint density at radius 2 is 2.11 bits per heavy atom. The largest absolute Gasteiger partial charge is 0.493 e. The van der Waals surface area contributed by atoms with Crippen molar-refractivity contribution in [2.24, 2.45) is 0 Å². The Hall–Kier alpha value is -1.33. The lowest BCUT2D eigenvalue weighted by atomic mass is 10.2. The monoisotopic (exact) mass is 281 g/mol. The van der Waals surface area contributed by atoms with Crippen LogP contribution in [-0.4, -0.2) is 20.1 Å². The molecule has 0 amide bonds. The molecular weight excluding hydrogens is 270 g/mol. The second kappa shape index (κ2) is 5.54. The Morgan fingerprint density at radius 3 is 2.78 bits per heavy atom. The number of thioether (sulfide) groups is 1. The van der Waals surface area contributed by atoms with E-state index in [4.69, 9.17) is 11.6 Å². The number of aromatic hydroxyl groups is 1. The Morgan fingerprint density at radius 1 is 1.33 bits per heavy atom. The zero-order valence-corrected chi connectivity index (χ0v) is 11.6. The highest BCUT2D eigenvalue weighted by Crippen LogP contribution is 2.26. The number of hydrogen-bond acceptors (Lipinski definition) is 5. The van der Waals surface area contributed by atoms with E-state index in [0.29, 0.717) is 15.9 Å². The summed E-state index contributed by atoms with van der Waals surface area (Å²) in [5.74, 6) is 0.612. The van der Waals surface area contributed by atoms with Crippen molar-refractivity contribution >= 4 is 23.4 Å². The maximum Gasteiger partial charge on any atom is 0.215 e. The highest BCUT2D eigenvalue weighted by atomic mass is 35.5. The molecule has 0 fully saturated rings. The molecule has 0 spiro atoms. The van der Waals surface area contributed by atoms with Crippen LogP contribution in [0.4, 0.5) is 0 Å². The van der Waals surface area contributed by atoms with Crippen LogP contribution in [0, 0.1) is 13.8 Å². The molecule has 2 aromatic rings. The smallest absolute Gasteiger partial charge is 0.215 e. The van der Waals surface area contributed by atoms with Crippen LogP contribution >= 0.6 is 23.4 Å². The van der Waals surface area contributed by atoms with E-state index in [1.165, 1.54) is 17.8 Å². The van der Waals surface area contributed by atoms with Gasteiger partial charge in [0.25, 0.3) is 0 Å². The molecule has 0 unspecified atom stereocenters. The second-order valence-corrected chi connectivity index (χ2v) is 5.15. The third-order valence-electron chi connectivity index (χ3n) is 2.38. The van der Waals surface area contributed by atoms with E-state index in [0.717, 1.165) is 17.0 Å². The normalized spacial score (nSPS) is 10.6. The summed E-state index contributed by atoms with van der Waals surface area (Å²) >= 11 is 7.54. The third kappa shape index (κ3) is 3.11. The van der Waals surface area contributed by atoms with Gasteiger partial charge in [0.05, 0.1) is 0 Å². The second-order valence-electron chi connectivity index (χ2n) is 3.80. The molecule has 0 radical (unpaired) electrons. The van der Waals surface area contributed by atoms with Gasteiger partial charge < -0.3 is 5.11 Å². The number of pyridine rings is 1. The number of aryl methyl sites for hydroxylation is 2. The van der Waals surface area contributed by atoms with E-state index in [2.05, 4.69) is 15.0 Å².